The molecule has 0 saturated carbocycles. The summed E-state index contributed by atoms with van der Waals surface area (Å²) in [5.41, 5.74) is 6.75. The molecule has 2 aliphatic rings. The predicted molar refractivity (Wildman–Crippen MR) is 76.4 cm³/mol. The molecule has 1 saturated heterocycles. The van der Waals surface area contributed by atoms with Crippen LogP contribution >= 0.6 is 11.6 Å². The molecule has 2 heterocycles. The minimum atomic E-state index is -0.760. The molecule has 1 fully saturated rings. The third kappa shape index (κ3) is 2.72. The van der Waals surface area contributed by atoms with Gasteiger partial charge in [-0.3, -0.25) is 0 Å². The van der Waals surface area contributed by atoms with Crippen molar-refractivity contribution < 1.29 is 14.6 Å². The van der Waals surface area contributed by atoms with E-state index in [1.54, 1.807) is 12.1 Å². The van der Waals surface area contributed by atoms with Crippen molar-refractivity contribution in [3.05, 3.63) is 22.7 Å². The van der Waals surface area contributed by atoms with Crippen LogP contribution in [0.3, 0.4) is 0 Å². The third-order valence-corrected chi connectivity index (χ3v) is 4.06. The van der Waals surface area contributed by atoms with Gasteiger partial charge in [-0.2, -0.15) is 0 Å². The number of likely N-dealkylation sites (tertiary alicyclic amines) is 1. The van der Waals surface area contributed by atoms with Crippen LogP contribution in [-0.4, -0.2) is 48.9 Å². The van der Waals surface area contributed by atoms with Crippen LogP contribution in [-0.2, 0) is 0 Å². The molecule has 2 atom stereocenters. The first-order valence-electron chi connectivity index (χ1n) is 6.90. The van der Waals surface area contributed by atoms with Crippen LogP contribution in [0.4, 0.5) is 0 Å². The number of benzene rings is 1. The number of halogens is 1. The maximum Gasteiger partial charge on any atom is 0.179 e. The number of hydrogen-bond donors (Lipinski definition) is 2. The van der Waals surface area contributed by atoms with Crippen LogP contribution in [0.5, 0.6) is 11.5 Å². The lowest BCUT2D eigenvalue weighted by Gasteiger charge is -2.34. The molecule has 0 bridgehead atoms. The molecule has 20 heavy (non-hydrogen) atoms. The van der Waals surface area contributed by atoms with E-state index < -0.39 is 6.10 Å². The fraction of sp³-hybridized carbons (Fsp3) is 0.571. The van der Waals surface area contributed by atoms with Gasteiger partial charge in [-0.1, -0.05) is 11.6 Å². The summed E-state index contributed by atoms with van der Waals surface area (Å²) >= 11 is 6.17. The van der Waals surface area contributed by atoms with Crippen LogP contribution in [0.15, 0.2) is 12.1 Å². The SMILES string of the molecule is N[C@H](CN1CCC1)[C@H](O)c1cc(Cl)c2c(c1)OCCO2. The molecule has 0 unspecified atom stereocenters. The molecule has 5 nitrogen and oxygen atoms in total. The second-order valence-corrected chi connectivity index (χ2v) is 5.70. The number of nitrogens with zero attached hydrogens (tertiary/aromatic N) is 1. The smallest absolute Gasteiger partial charge is 0.179 e. The van der Waals surface area contributed by atoms with Gasteiger partial charge in [-0.05, 0) is 37.2 Å². The largest absolute Gasteiger partial charge is 0.486 e. The third-order valence-electron chi connectivity index (χ3n) is 3.78. The molecule has 0 radical (unpaired) electrons. The molecule has 6 heteroatoms. The molecule has 2 aliphatic heterocycles. The van der Waals surface area contributed by atoms with Gasteiger partial charge in [0.15, 0.2) is 11.5 Å². The van der Waals surface area contributed by atoms with Gasteiger partial charge in [0.1, 0.15) is 13.2 Å². The number of rotatable bonds is 4. The number of hydrogen-bond acceptors (Lipinski definition) is 5. The maximum absolute atomic E-state index is 10.4. The molecule has 0 aromatic heterocycles. The second kappa shape index (κ2) is 5.77. The maximum atomic E-state index is 10.4. The zero-order chi connectivity index (χ0) is 14.1. The Morgan fingerprint density at radius 2 is 2.05 bits per heavy atom. The molecule has 0 spiro atoms. The van der Waals surface area contributed by atoms with Gasteiger partial charge < -0.3 is 25.2 Å². The number of aliphatic hydroxyl groups is 1. The van der Waals surface area contributed by atoms with Crippen molar-refractivity contribution in [2.45, 2.75) is 18.6 Å². The highest BCUT2D eigenvalue weighted by atomic mass is 35.5. The van der Waals surface area contributed by atoms with Crippen LogP contribution in [0.25, 0.3) is 0 Å². The van der Waals surface area contributed by atoms with Crippen LogP contribution in [0.1, 0.15) is 18.1 Å². The summed E-state index contributed by atoms with van der Waals surface area (Å²) in [6, 6.07) is 3.13. The molecular formula is C14H19ClN2O3. The fourth-order valence-corrected chi connectivity index (χ4v) is 2.78. The highest BCUT2D eigenvalue weighted by Gasteiger charge is 2.25. The van der Waals surface area contributed by atoms with Crippen molar-refractivity contribution in [3.8, 4) is 11.5 Å². The Hall–Kier alpha value is -1.01. The van der Waals surface area contributed by atoms with E-state index in [0.717, 1.165) is 13.1 Å². The molecular weight excluding hydrogens is 280 g/mol. The summed E-state index contributed by atoms with van der Waals surface area (Å²) in [6.07, 6.45) is 0.447. The van der Waals surface area contributed by atoms with Gasteiger partial charge >= 0.3 is 0 Å². The number of ether oxygens (including phenoxy) is 2. The van der Waals surface area contributed by atoms with Gasteiger partial charge in [0.05, 0.1) is 11.1 Å². The Labute approximate surface area is 123 Å². The van der Waals surface area contributed by atoms with E-state index in [0.29, 0.717) is 41.8 Å². The summed E-state index contributed by atoms with van der Waals surface area (Å²) in [4.78, 5) is 2.23. The Morgan fingerprint density at radius 3 is 2.75 bits per heavy atom. The van der Waals surface area contributed by atoms with E-state index in [1.165, 1.54) is 6.42 Å². The summed E-state index contributed by atoms with van der Waals surface area (Å²) in [7, 11) is 0. The van der Waals surface area contributed by atoms with E-state index in [9.17, 15) is 5.11 Å². The highest BCUT2D eigenvalue weighted by molar-refractivity contribution is 6.32. The van der Waals surface area contributed by atoms with Crippen molar-refractivity contribution in [1.29, 1.82) is 0 Å². The molecule has 0 amide bonds. The van der Waals surface area contributed by atoms with Crippen molar-refractivity contribution >= 4 is 11.6 Å². The van der Waals surface area contributed by atoms with Crippen molar-refractivity contribution in [2.75, 3.05) is 32.8 Å². The first-order valence-corrected chi connectivity index (χ1v) is 7.28. The van der Waals surface area contributed by atoms with E-state index in [-0.39, 0.29) is 6.04 Å². The van der Waals surface area contributed by atoms with Crippen LogP contribution in [0.2, 0.25) is 5.02 Å². The fourth-order valence-electron chi connectivity index (χ4n) is 2.51. The quantitative estimate of drug-likeness (QED) is 0.873. The van der Waals surface area contributed by atoms with Gasteiger partial charge in [0.2, 0.25) is 0 Å². The van der Waals surface area contributed by atoms with Crippen LogP contribution < -0.4 is 15.2 Å². The zero-order valence-electron chi connectivity index (χ0n) is 11.2. The Balaban J connectivity index is 1.76. The first kappa shape index (κ1) is 13.9. The van der Waals surface area contributed by atoms with E-state index in [1.807, 2.05) is 0 Å². The zero-order valence-corrected chi connectivity index (χ0v) is 12.0. The first-order chi connectivity index (χ1) is 9.65. The lowest BCUT2D eigenvalue weighted by molar-refractivity contribution is 0.0949. The minimum Gasteiger partial charge on any atom is -0.486 e. The summed E-state index contributed by atoms with van der Waals surface area (Å²) in [6.45, 7) is 3.78. The molecule has 3 N–H and O–H groups in total. The minimum absolute atomic E-state index is 0.339. The lowest BCUT2D eigenvalue weighted by Crippen LogP contribution is -2.47. The molecule has 1 aromatic carbocycles. The topological polar surface area (TPSA) is 68.0 Å². The Bertz CT molecular complexity index is 494. The predicted octanol–water partition coefficient (Wildman–Crippen LogP) is 1.18. The number of aliphatic hydroxyl groups excluding tert-OH is 1. The monoisotopic (exact) mass is 298 g/mol. The van der Waals surface area contributed by atoms with Gasteiger partial charge in [-0.25, -0.2) is 0 Å². The Morgan fingerprint density at radius 1 is 1.30 bits per heavy atom. The Kier molecular flexibility index (Phi) is 4.03. The van der Waals surface area contributed by atoms with Crippen molar-refractivity contribution in [3.63, 3.8) is 0 Å². The average Bonchev–Trinajstić information content (AvgIpc) is 2.41. The van der Waals surface area contributed by atoms with Crippen molar-refractivity contribution in [1.82, 2.24) is 4.90 Å². The molecule has 3 rings (SSSR count). The van der Waals surface area contributed by atoms with Crippen LogP contribution in [0, 0.1) is 0 Å². The summed E-state index contributed by atoms with van der Waals surface area (Å²) < 4.78 is 11.0. The van der Waals surface area contributed by atoms with Gasteiger partial charge in [0.25, 0.3) is 0 Å². The number of fused-ring (bicyclic) bond motifs is 1. The molecule has 0 aliphatic carbocycles. The van der Waals surface area contributed by atoms with E-state index >= 15 is 0 Å². The van der Waals surface area contributed by atoms with E-state index in [4.69, 9.17) is 26.8 Å². The normalized spacial score (nSPS) is 21.1. The summed E-state index contributed by atoms with van der Waals surface area (Å²) in [5, 5.41) is 10.8. The van der Waals surface area contributed by atoms with E-state index in [2.05, 4.69) is 4.90 Å². The standard InChI is InChI=1S/C14H19ClN2O3/c15-10-6-9(7-12-14(10)20-5-4-19-12)13(18)11(16)8-17-2-1-3-17/h6-7,11,13,18H,1-5,8,16H2/t11-,13-/m1/s1. The second-order valence-electron chi connectivity index (χ2n) is 5.29. The van der Waals surface area contributed by atoms with Gasteiger partial charge in [0, 0.05) is 12.6 Å². The molecule has 1 aromatic rings. The summed E-state index contributed by atoms with van der Waals surface area (Å²) in [5.74, 6) is 1.12. The van der Waals surface area contributed by atoms with Gasteiger partial charge in [-0.15, -0.1) is 0 Å². The van der Waals surface area contributed by atoms with Crippen molar-refractivity contribution in [2.24, 2.45) is 5.73 Å². The highest BCUT2D eigenvalue weighted by Crippen LogP contribution is 2.40. The lowest BCUT2D eigenvalue weighted by atomic mass is 10.0. The number of nitrogens with two attached hydrogens (primary N) is 1. The molecule has 110 valence electrons. The average molecular weight is 299 g/mol.